The highest BCUT2D eigenvalue weighted by molar-refractivity contribution is 6.74. The van der Waals surface area contributed by atoms with Gasteiger partial charge in [-0.3, -0.25) is 4.79 Å². The fraction of sp³-hybridized carbons (Fsp3) is 0.640. The third kappa shape index (κ3) is 6.08. The van der Waals surface area contributed by atoms with Crippen LogP contribution in [-0.4, -0.2) is 34.6 Å². The summed E-state index contributed by atoms with van der Waals surface area (Å²) in [5.41, 5.74) is -0.106. The molecule has 0 radical (unpaired) electrons. The third-order valence-corrected chi connectivity index (χ3v) is 16.2. The van der Waals surface area contributed by atoms with E-state index >= 15 is 0 Å². The Morgan fingerprint density at radius 2 is 1.60 bits per heavy atom. The zero-order valence-electron chi connectivity index (χ0n) is 19.8. The average Bonchev–Trinajstić information content (AvgIpc) is 2.80. The number of terminal acetylenes is 1. The van der Waals surface area contributed by atoms with Crippen LogP contribution in [0.15, 0.2) is 23.8 Å². The van der Waals surface area contributed by atoms with Gasteiger partial charge in [-0.15, -0.1) is 6.42 Å². The molecule has 0 aromatic carbocycles. The van der Waals surface area contributed by atoms with E-state index in [0.717, 1.165) is 55.4 Å². The van der Waals surface area contributed by atoms with Gasteiger partial charge in [0.25, 0.3) is 0 Å². The molecule has 0 heterocycles. The topological polar surface area (TPSA) is 35.5 Å². The molecule has 0 saturated heterocycles. The lowest BCUT2D eigenvalue weighted by Gasteiger charge is -2.48. The van der Waals surface area contributed by atoms with Crippen LogP contribution >= 0.6 is 0 Å². The molecule has 0 amide bonds. The van der Waals surface area contributed by atoms with Gasteiger partial charge in [-0.25, -0.2) is 0 Å². The lowest BCUT2D eigenvalue weighted by Crippen LogP contribution is -2.58. The second-order valence-electron chi connectivity index (χ2n) is 8.11. The van der Waals surface area contributed by atoms with Crippen molar-refractivity contribution in [1.82, 2.24) is 0 Å². The second kappa shape index (κ2) is 12.5. The van der Waals surface area contributed by atoms with Gasteiger partial charge in [0, 0.05) is 5.57 Å². The molecule has 1 rings (SSSR count). The molecular weight excluding hydrogens is 404 g/mol. The molecule has 30 heavy (non-hydrogen) atoms. The predicted octanol–water partition coefficient (Wildman–Crippen LogP) is 6.25. The maximum absolute atomic E-state index is 12.1. The third-order valence-electron chi connectivity index (χ3n) is 6.94. The van der Waals surface area contributed by atoms with Gasteiger partial charge >= 0.3 is 0 Å². The summed E-state index contributed by atoms with van der Waals surface area (Å²) in [4.78, 5) is 12.1. The van der Waals surface area contributed by atoms with Crippen LogP contribution in [0.1, 0.15) is 54.4 Å². The normalized spacial score (nSPS) is 22.2. The standard InChI is InChI=1S/C25H40O3Si2/c1-8-15-16-17-20-25(28-30(12-5,13-6)14-7)21-18-19-23(22-26)24(25)27-29(9-2,10-3)11-4/h1,15-16,19,22,24H,9-14,18,21H2,2-7H3/b16-15-/t24-,25+/m1/s1. The molecule has 5 heteroatoms. The molecule has 3 nitrogen and oxygen atoms in total. The highest BCUT2D eigenvalue weighted by Crippen LogP contribution is 2.41. The van der Waals surface area contributed by atoms with Gasteiger partial charge in [-0.05, 0) is 61.3 Å². The number of carbonyl (C=O) groups is 1. The van der Waals surface area contributed by atoms with Crippen LogP contribution in [0.4, 0.5) is 0 Å². The van der Waals surface area contributed by atoms with Crippen LogP contribution in [0.5, 0.6) is 0 Å². The van der Waals surface area contributed by atoms with Gasteiger partial charge in [0.2, 0.25) is 0 Å². The number of hydrogen-bond acceptors (Lipinski definition) is 3. The van der Waals surface area contributed by atoms with E-state index in [1.807, 2.05) is 6.08 Å². The van der Waals surface area contributed by atoms with Crippen molar-refractivity contribution in [3.8, 4) is 24.2 Å². The Morgan fingerprint density at radius 3 is 2.07 bits per heavy atom. The van der Waals surface area contributed by atoms with E-state index < -0.39 is 28.3 Å². The van der Waals surface area contributed by atoms with E-state index in [9.17, 15) is 4.79 Å². The number of allylic oxidation sites excluding steroid dienone is 3. The van der Waals surface area contributed by atoms with E-state index in [4.69, 9.17) is 15.3 Å². The molecule has 0 aromatic heterocycles. The molecule has 1 aliphatic carbocycles. The Morgan fingerprint density at radius 1 is 1.03 bits per heavy atom. The molecule has 0 unspecified atom stereocenters. The quantitative estimate of drug-likeness (QED) is 0.215. The molecule has 0 aliphatic heterocycles. The fourth-order valence-electron chi connectivity index (χ4n) is 4.35. The van der Waals surface area contributed by atoms with E-state index in [-0.39, 0.29) is 0 Å². The van der Waals surface area contributed by atoms with Gasteiger partial charge < -0.3 is 8.85 Å². The summed E-state index contributed by atoms with van der Waals surface area (Å²) in [5, 5.41) is 0. The van der Waals surface area contributed by atoms with Crippen molar-refractivity contribution in [3.05, 3.63) is 23.8 Å². The van der Waals surface area contributed by atoms with Gasteiger partial charge in [0.15, 0.2) is 16.6 Å². The van der Waals surface area contributed by atoms with E-state index in [0.29, 0.717) is 5.57 Å². The van der Waals surface area contributed by atoms with Crippen molar-refractivity contribution in [2.24, 2.45) is 0 Å². The van der Waals surface area contributed by atoms with Crippen LogP contribution in [0.2, 0.25) is 36.3 Å². The summed E-state index contributed by atoms with van der Waals surface area (Å²) >= 11 is 0. The summed E-state index contributed by atoms with van der Waals surface area (Å²) in [5.74, 6) is 9.03. The highest BCUT2D eigenvalue weighted by atomic mass is 28.4. The first-order valence-electron chi connectivity index (χ1n) is 11.6. The van der Waals surface area contributed by atoms with Gasteiger partial charge in [0.05, 0.1) is 0 Å². The van der Waals surface area contributed by atoms with E-state index in [1.54, 1.807) is 12.2 Å². The molecule has 1 aliphatic rings. The van der Waals surface area contributed by atoms with Crippen LogP contribution in [0, 0.1) is 24.2 Å². The number of aldehydes is 1. The van der Waals surface area contributed by atoms with Crippen molar-refractivity contribution in [1.29, 1.82) is 0 Å². The number of rotatable bonds is 11. The largest absolute Gasteiger partial charge is 0.406 e. The summed E-state index contributed by atoms with van der Waals surface area (Å²) in [6.45, 7) is 13.3. The SMILES string of the molecule is C#C/C=C\C#C[C@]1(O[Si](CC)(CC)CC)CCC=C(C=O)[C@H]1O[Si](CC)(CC)CC. The minimum absolute atomic E-state index is 0.432. The molecule has 0 fully saturated rings. The van der Waals surface area contributed by atoms with Crippen molar-refractivity contribution < 1.29 is 13.6 Å². The van der Waals surface area contributed by atoms with Crippen LogP contribution in [-0.2, 0) is 13.6 Å². The molecule has 0 N–H and O–H groups in total. The van der Waals surface area contributed by atoms with Crippen molar-refractivity contribution in [2.45, 2.75) is 102 Å². The van der Waals surface area contributed by atoms with E-state index in [2.05, 4.69) is 59.3 Å². The maximum Gasteiger partial charge on any atom is 0.194 e. The summed E-state index contributed by atoms with van der Waals surface area (Å²) in [6.07, 6.45) is 12.7. The van der Waals surface area contributed by atoms with Gasteiger partial charge in [-0.1, -0.05) is 65.4 Å². The molecule has 0 spiro atoms. The molecule has 0 saturated carbocycles. The lowest BCUT2D eigenvalue weighted by molar-refractivity contribution is -0.107. The summed E-state index contributed by atoms with van der Waals surface area (Å²) in [7, 11) is -4.00. The Kier molecular flexibility index (Phi) is 11.1. The molecule has 2 atom stereocenters. The van der Waals surface area contributed by atoms with E-state index in [1.165, 1.54) is 0 Å². The Bertz CT molecular complexity index is 698. The minimum Gasteiger partial charge on any atom is -0.406 e. The molecule has 0 bridgehead atoms. The lowest BCUT2D eigenvalue weighted by atomic mass is 9.82. The first kappa shape index (κ1) is 26.7. The van der Waals surface area contributed by atoms with Crippen LogP contribution < -0.4 is 0 Å². The number of carbonyl (C=O) groups excluding carboxylic acids is 1. The Balaban J connectivity index is 3.64. The maximum atomic E-state index is 12.1. The monoisotopic (exact) mass is 444 g/mol. The summed E-state index contributed by atoms with van der Waals surface area (Å²) in [6, 6.07) is 6.11. The Labute approximate surface area is 187 Å². The summed E-state index contributed by atoms with van der Waals surface area (Å²) < 4.78 is 14.0. The van der Waals surface area contributed by atoms with Crippen LogP contribution in [0.3, 0.4) is 0 Å². The first-order valence-corrected chi connectivity index (χ1v) is 16.6. The molecule has 0 aromatic rings. The molecular formula is C25H40O3Si2. The van der Waals surface area contributed by atoms with Crippen molar-refractivity contribution >= 4 is 22.9 Å². The van der Waals surface area contributed by atoms with Crippen LogP contribution in [0.25, 0.3) is 0 Å². The van der Waals surface area contributed by atoms with Crippen molar-refractivity contribution in [3.63, 3.8) is 0 Å². The van der Waals surface area contributed by atoms with Crippen molar-refractivity contribution in [2.75, 3.05) is 0 Å². The van der Waals surface area contributed by atoms with Gasteiger partial charge in [-0.2, -0.15) is 0 Å². The second-order valence-corrected chi connectivity index (χ2v) is 17.5. The van der Waals surface area contributed by atoms with Gasteiger partial charge in [0.1, 0.15) is 18.0 Å². The minimum atomic E-state index is -2.01. The zero-order valence-corrected chi connectivity index (χ0v) is 21.8. The molecule has 166 valence electrons. The first-order chi connectivity index (χ1) is 14.4. The predicted molar refractivity (Wildman–Crippen MR) is 132 cm³/mol. The average molecular weight is 445 g/mol. The fourth-order valence-corrected chi connectivity index (χ4v) is 10.1. The smallest absolute Gasteiger partial charge is 0.194 e. The number of hydrogen-bond donors (Lipinski definition) is 0. The zero-order chi connectivity index (χ0) is 22.7. The Hall–Kier alpha value is -1.38. The highest BCUT2D eigenvalue weighted by Gasteiger charge is 2.50.